The number of nitrogens with zero attached hydrogens (tertiary/aromatic N) is 2. The zero-order chi connectivity index (χ0) is 9.38. The predicted octanol–water partition coefficient (Wildman–Crippen LogP) is 1.72. The Morgan fingerprint density at radius 3 is 3.21 bits per heavy atom. The molecule has 0 aliphatic carbocycles. The molecule has 0 radical (unpaired) electrons. The number of hydrogen-bond donors (Lipinski definition) is 1. The molecule has 2 aliphatic heterocycles. The Morgan fingerprint density at radius 2 is 2.21 bits per heavy atom. The van der Waals surface area contributed by atoms with Crippen LogP contribution in [-0.4, -0.2) is 25.5 Å². The molecule has 2 heterocycles. The quantitative estimate of drug-likeness (QED) is 0.669. The molecule has 3 heteroatoms. The fraction of sp³-hybridized carbons (Fsp3) is 0.364. The lowest BCUT2D eigenvalue weighted by molar-refractivity contribution is 1.02. The summed E-state index contributed by atoms with van der Waals surface area (Å²) in [7, 11) is 0. The highest BCUT2D eigenvalue weighted by molar-refractivity contribution is 6.03. The van der Waals surface area contributed by atoms with Crippen LogP contribution in [0.15, 0.2) is 29.3 Å². The standard InChI is InChI=1S/C11H13N3/c1-2-4-10-9(3-1)12-6-5-11-13-7-8-14(10)11/h1-4,12H,5-8H2. The largest absolute Gasteiger partial charge is 0.383 e. The Labute approximate surface area is 83.4 Å². The van der Waals surface area contributed by atoms with Crippen LogP contribution in [0.4, 0.5) is 11.4 Å². The number of para-hydroxylation sites is 2. The van der Waals surface area contributed by atoms with Gasteiger partial charge in [-0.3, -0.25) is 4.99 Å². The van der Waals surface area contributed by atoms with Crippen molar-refractivity contribution in [2.45, 2.75) is 6.42 Å². The average Bonchev–Trinajstić information content (AvgIpc) is 2.61. The van der Waals surface area contributed by atoms with Gasteiger partial charge in [0, 0.05) is 19.5 Å². The van der Waals surface area contributed by atoms with E-state index in [1.165, 1.54) is 17.2 Å². The monoisotopic (exact) mass is 187 g/mol. The number of hydrogen-bond acceptors (Lipinski definition) is 3. The number of benzene rings is 1. The SMILES string of the molecule is c1ccc2c(c1)NCCC1=NCCN12. The number of nitrogens with one attached hydrogen (secondary N) is 1. The Morgan fingerprint density at radius 1 is 1.29 bits per heavy atom. The Balaban J connectivity index is 2.10. The van der Waals surface area contributed by atoms with Crippen LogP contribution in [0.5, 0.6) is 0 Å². The molecule has 2 aliphatic rings. The molecular weight excluding hydrogens is 174 g/mol. The number of amidine groups is 1. The maximum Gasteiger partial charge on any atom is 0.105 e. The van der Waals surface area contributed by atoms with Crippen molar-refractivity contribution in [3.8, 4) is 0 Å². The molecule has 0 saturated heterocycles. The van der Waals surface area contributed by atoms with Gasteiger partial charge in [0.25, 0.3) is 0 Å². The molecule has 0 bridgehead atoms. The third kappa shape index (κ3) is 1.09. The van der Waals surface area contributed by atoms with E-state index in [4.69, 9.17) is 0 Å². The highest BCUT2D eigenvalue weighted by Gasteiger charge is 2.22. The third-order valence-electron chi connectivity index (χ3n) is 2.79. The van der Waals surface area contributed by atoms with Crippen LogP contribution >= 0.6 is 0 Å². The van der Waals surface area contributed by atoms with E-state index in [1.807, 2.05) is 0 Å². The van der Waals surface area contributed by atoms with Crippen LogP contribution in [0.25, 0.3) is 0 Å². The average molecular weight is 187 g/mol. The van der Waals surface area contributed by atoms with Gasteiger partial charge in [0.1, 0.15) is 5.84 Å². The van der Waals surface area contributed by atoms with E-state index in [-0.39, 0.29) is 0 Å². The summed E-state index contributed by atoms with van der Waals surface area (Å²) in [4.78, 5) is 6.85. The lowest BCUT2D eigenvalue weighted by Gasteiger charge is -2.19. The van der Waals surface area contributed by atoms with Crippen molar-refractivity contribution in [1.82, 2.24) is 0 Å². The molecule has 14 heavy (non-hydrogen) atoms. The summed E-state index contributed by atoms with van der Waals surface area (Å²) in [6.07, 6.45) is 1.04. The van der Waals surface area contributed by atoms with Gasteiger partial charge in [0.15, 0.2) is 0 Å². The van der Waals surface area contributed by atoms with Crippen molar-refractivity contribution in [1.29, 1.82) is 0 Å². The van der Waals surface area contributed by atoms with Gasteiger partial charge in [0.2, 0.25) is 0 Å². The van der Waals surface area contributed by atoms with Crippen molar-refractivity contribution in [2.75, 3.05) is 29.9 Å². The molecular formula is C11H13N3. The minimum atomic E-state index is 0.948. The number of anilines is 2. The maximum atomic E-state index is 4.52. The summed E-state index contributed by atoms with van der Waals surface area (Å²) >= 11 is 0. The summed E-state index contributed by atoms with van der Waals surface area (Å²) in [5, 5.41) is 3.43. The lowest BCUT2D eigenvalue weighted by atomic mass is 10.2. The molecule has 0 spiro atoms. The molecule has 0 fully saturated rings. The molecule has 0 atom stereocenters. The first-order valence-corrected chi connectivity index (χ1v) is 5.09. The van der Waals surface area contributed by atoms with Crippen LogP contribution in [0.1, 0.15) is 6.42 Å². The zero-order valence-electron chi connectivity index (χ0n) is 8.03. The van der Waals surface area contributed by atoms with Crippen molar-refractivity contribution < 1.29 is 0 Å². The van der Waals surface area contributed by atoms with Crippen LogP contribution in [0.3, 0.4) is 0 Å². The molecule has 3 rings (SSSR count). The van der Waals surface area contributed by atoms with Crippen molar-refractivity contribution in [2.24, 2.45) is 4.99 Å². The van der Waals surface area contributed by atoms with Crippen molar-refractivity contribution in [3.05, 3.63) is 24.3 Å². The number of rotatable bonds is 0. The molecule has 0 aromatic heterocycles. The molecule has 1 N–H and O–H groups in total. The van der Waals surface area contributed by atoms with Crippen LogP contribution < -0.4 is 10.2 Å². The first-order valence-electron chi connectivity index (χ1n) is 5.09. The van der Waals surface area contributed by atoms with E-state index in [1.54, 1.807) is 0 Å². The molecule has 1 aromatic rings. The number of fused-ring (bicyclic) bond motifs is 3. The van der Waals surface area contributed by atoms with Crippen LogP contribution in [0, 0.1) is 0 Å². The molecule has 0 unspecified atom stereocenters. The summed E-state index contributed by atoms with van der Waals surface area (Å²) in [6.45, 7) is 2.98. The second-order valence-electron chi connectivity index (χ2n) is 3.64. The lowest BCUT2D eigenvalue weighted by Crippen LogP contribution is -2.26. The first kappa shape index (κ1) is 7.85. The minimum absolute atomic E-state index is 0.948. The Kier molecular flexibility index (Phi) is 1.69. The first-order chi connectivity index (χ1) is 6.95. The summed E-state index contributed by atoms with van der Waals surface area (Å²) in [5.74, 6) is 1.24. The van der Waals surface area contributed by atoms with E-state index in [9.17, 15) is 0 Å². The van der Waals surface area contributed by atoms with Crippen LogP contribution in [0.2, 0.25) is 0 Å². The molecule has 0 amide bonds. The minimum Gasteiger partial charge on any atom is -0.383 e. The van der Waals surface area contributed by atoms with Crippen molar-refractivity contribution in [3.63, 3.8) is 0 Å². The second kappa shape index (κ2) is 3.01. The van der Waals surface area contributed by atoms with Crippen molar-refractivity contribution >= 4 is 17.2 Å². The highest BCUT2D eigenvalue weighted by Crippen LogP contribution is 2.30. The van der Waals surface area contributed by atoms with Gasteiger partial charge in [-0.1, -0.05) is 12.1 Å². The fourth-order valence-corrected chi connectivity index (χ4v) is 2.13. The second-order valence-corrected chi connectivity index (χ2v) is 3.64. The van der Waals surface area contributed by atoms with E-state index in [0.29, 0.717) is 0 Å². The van der Waals surface area contributed by atoms with Gasteiger partial charge in [-0.15, -0.1) is 0 Å². The Bertz CT molecular complexity index is 384. The molecule has 0 saturated carbocycles. The van der Waals surface area contributed by atoms with E-state index < -0.39 is 0 Å². The third-order valence-corrected chi connectivity index (χ3v) is 2.79. The van der Waals surface area contributed by atoms with Gasteiger partial charge in [-0.05, 0) is 12.1 Å². The molecule has 72 valence electrons. The molecule has 1 aromatic carbocycles. The zero-order valence-corrected chi connectivity index (χ0v) is 8.03. The van der Waals surface area contributed by atoms with Crippen LogP contribution in [-0.2, 0) is 0 Å². The predicted molar refractivity (Wildman–Crippen MR) is 59.2 cm³/mol. The van der Waals surface area contributed by atoms with E-state index in [2.05, 4.69) is 39.5 Å². The topological polar surface area (TPSA) is 27.6 Å². The van der Waals surface area contributed by atoms with Gasteiger partial charge in [-0.2, -0.15) is 0 Å². The number of aliphatic imine (C=N–C) groups is 1. The van der Waals surface area contributed by atoms with E-state index >= 15 is 0 Å². The summed E-state index contributed by atoms with van der Waals surface area (Å²) in [5.41, 5.74) is 2.51. The summed E-state index contributed by atoms with van der Waals surface area (Å²) < 4.78 is 0. The fourth-order valence-electron chi connectivity index (χ4n) is 2.13. The smallest absolute Gasteiger partial charge is 0.105 e. The molecule has 3 nitrogen and oxygen atoms in total. The summed E-state index contributed by atoms with van der Waals surface area (Å²) in [6, 6.07) is 8.46. The normalized spacial score (nSPS) is 19.1. The highest BCUT2D eigenvalue weighted by atomic mass is 15.3. The maximum absolute atomic E-state index is 4.52. The van der Waals surface area contributed by atoms with Gasteiger partial charge < -0.3 is 10.2 Å². The van der Waals surface area contributed by atoms with Gasteiger partial charge >= 0.3 is 0 Å². The van der Waals surface area contributed by atoms with Gasteiger partial charge in [0.05, 0.1) is 17.9 Å². The van der Waals surface area contributed by atoms with Gasteiger partial charge in [-0.25, -0.2) is 0 Å². The van der Waals surface area contributed by atoms with E-state index in [0.717, 1.165) is 26.1 Å². The Hall–Kier alpha value is -1.51.